The number of hydrogen-bond donors (Lipinski definition) is 0. The SMILES string of the molecule is CC[Si](CC)(c1cc(C)c(-c2c3ccccc3c(-c3cccc4ccccc34)c3ccccc23)cc1C)c1ccc2ccc3cccc4ccc1c2c34. The standard InChI is InChI=1S/C52H42Si/c1-5-53(6-2,47-30-28-38-26-25-36-17-13-18-37-27-29-45(47)50(38)49(36)37)48-32-33(3)46(31-34(48)4)52-43-22-11-9-20-41(43)51(42-21-10-12-23-44(42)52)40-24-14-16-35-15-7-8-19-39(35)40/h7-32H,5-6H2,1-4H3. The molecule has 10 aromatic rings. The lowest BCUT2D eigenvalue weighted by Crippen LogP contribution is -2.58. The van der Waals surface area contributed by atoms with Gasteiger partial charge in [-0.3, -0.25) is 0 Å². The number of aryl methyl sites for hydroxylation is 2. The van der Waals surface area contributed by atoms with Crippen LogP contribution in [-0.2, 0) is 0 Å². The minimum Gasteiger partial charge on any atom is -0.0672 e. The van der Waals surface area contributed by atoms with E-state index in [0.29, 0.717) is 0 Å². The van der Waals surface area contributed by atoms with E-state index in [1.807, 2.05) is 0 Å². The fourth-order valence-corrected chi connectivity index (χ4v) is 14.8. The zero-order valence-electron chi connectivity index (χ0n) is 30.9. The van der Waals surface area contributed by atoms with Gasteiger partial charge in [-0.25, -0.2) is 0 Å². The van der Waals surface area contributed by atoms with Crippen molar-refractivity contribution in [1.29, 1.82) is 0 Å². The molecule has 0 aliphatic heterocycles. The highest BCUT2D eigenvalue weighted by molar-refractivity contribution is 7.03. The van der Waals surface area contributed by atoms with Crippen molar-refractivity contribution in [1.82, 2.24) is 0 Å². The van der Waals surface area contributed by atoms with Crippen molar-refractivity contribution < 1.29 is 0 Å². The summed E-state index contributed by atoms with van der Waals surface area (Å²) in [5, 5.41) is 19.3. The van der Waals surface area contributed by atoms with Crippen LogP contribution in [0.15, 0.2) is 158 Å². The van der Waals surface area contributed by atoms with Crippen molar-refractivity contribution >= 4 is 83.1 Å². The molecular formula is C52H42Si. The van der Waals surface area contributed by atoms with Crippen molar-refractivity contribution in [3.05, 3.63) is 169 Å². The molecule has 0 spiro atoms. The summed E-state index contributed by atoms with van der Waals surface area (Å²) in [5.41, 5.74) is 8.07. The molecule has 53 heavy (non-hydrogen) atoms. The van der Waals surface area contributed by atoms with Gasteiger partial charge in [-0.15, -0.1) is 0 Å². The van der Waals surface area contributed by atoms with Crippen LogP contribution >= 0.6 is 0 Å². The largest absolute Gasteiger partial charge is 0.118 e. The highest BCUT2D eigenvalue weighted by Crippen LogP contribution is 2.46. The van der Waals surface area contributed by atoms with Gasteiger partial charge in [-0.1, -0.05) is 194 Å². The summed E-state index contributed by atoms with van der Waals surface area (Å²) < 4.78 is 0. The Bertz CT molecular complexity index is 2970. The van der Waals surface area contributed by atoms with Gasteiger partial charge < -0.3 is 0 Å². The van der Waals surface area contributed by atoms with Gasteiger partial charge in [0.15, 0.2) is 0 Å². The molecule has 0 atom stereocenters. The van der Waals surface area contributed by atoms with E-state index in [-0.39, 0.29) is 0 Å². The summed E-state index contributed by atoms with van der Waals surface area (Å²) in [7, 11) is -2.17. The molecule has 0 bridgehead atoms. The predicted octanol–water partition coefficient (Wildman–Crippen LogP) is 13.6. The number of benzene rings is 10. The molecule has 0 saturated heterocycles. The molecule has 0 heterocycles. The molecule has 0 amide bonds. The van der Waals surface area contributed by atoms with Crippen LogP contribution in [0.5, 0.6) is 0 Å². The molecule has 0 aromatic heterocycles. The van der Waals surface area contributed by atoms with Crippen LogP contribution in [0.3, 0.4) is 0 Å². The van der Waals surface area contributed by atoms with Crippen LogP contribution in [0.1, 0.15) is 25.0 Å². The highest BCUT2D eigenvalue weighted by atomic mass is 28.3. The van der Waals surface area contributed by atoms with E-state index in [1.54, 1.807) is 10.4 Å². The monoisotopic (exact) mass is 694 g/mol. The van der Waals surface area contributed by atoms with E-state index in [0.717, 1.165) is 0 Å². The quantitative estimate of drug-likeness (QED) is 0.0923. The minimum absolute atomic E-state index is 1.17. The second-order valence-electron chi connectivity index (χ2n) is 15.1. The van der Waals surface area contributed by atoms with Gasteiger partial charge in [0.1, 0.15) is 8.07 Å². The van der Waals surface area contributed by atoms with Gasteiger partial charge in [0.25, 0.3) is 0 Å². The highest BCUT2D eigenvalue weighted by Gasteiger charge is 2.37. The lowest BCUT2D eigenvalue weighted by atomic mass is 9.83. The van der Waals surface area contributed by atoms with E-state index < -0.39 is 8.07 Å². The van der Waals surface area contributed by atoms with Crippen molar-refractivity contribution in [2.45, 2.75) is 39.8 Å². The van der Waals surface area contributed by atoms with Crippen molar-refractivity contribution in [2.24, 2.45) is 0 Å². The molecule has 10 rings (SSSR count). The van der Waals surface area contributed by atoms with Gasteiger partial charge in [-0.05, 0) is 111 Å². The summed E-state index contributed by atoms with van der Waals surface area (Å²) in [4.78, 5) is 0. The maximum atomic E-state index is 2.60. The first kappa shape index (κ1) is 31.9. The van der Waals surface area contributed by atoms with Crippen molar-refractivity contribution in [3.8, 4) is 22.3 Å². The summed E-state index contributed by atoms with van der Waals surface area (Å²) in [6.07, 6.45) is 0. The molecule has 10 aromatic carbocycles. The Balaban J connectivity index is 1.22. The predicted molar refractivity (Wildman–Crippen MR) is 235 cm³/mol. The topological polar surface area (TPSA) is 0 Å². The molecule has 0 radical (unpaired) electrons. The Morgan fingerprint density at radius 1 is 0.358 bits per heavy atom. The molecule has 0 unspecified atom stereocenters. The Labute approximate surface area is 312 Å². The van der Waals surface area contributed by atoms with E-state index in [4.69, 9.17) is 0 Å². The number of hydrogen-bond acceptors (Lipinski definition) is 0. The average Bonchev–Trinajstić information content (AvgIpc) is 3.21. The third kappa shape index (κ3) is 4.60. The van der Waals surface area contributed by atoms with Crippen LogP contribution in [0.25, 0.3) is 86.9 Å². The Morgan fingerprint density at radius 3 is 1.49 bits per heavy atom. The molecule has 0 saturated carbocycles. The Hall–Kier alpha value is -5.76. The second-order valence-corrected chi connectivity index (χ2v) is 19.8. The molecule has 0 nitrogen and oxygen atoms in total. The Morgan fingerprint density at radius 2 is 0.849 bits per heavy atom. The Kier molecular flexibility index (Phi) is 7.32. The van der Waals surface area contributed by atoms with E-state index in [2.05, 4.69) is 185 Å². The van der Waals surface area contributed by atoms with Gasteiger partial charge in [-0.2, -0.15) is 0 Å². The van der Waals surface area contributed by atoms with Crippen molar-refractivity contribution in [3.63, 3.8) is 0 Å². The molecule has 1 heteroatoms. The minimum atomic E-state index is -2.17. The van der Waals surface area contributed by atoms with E-state index in [1.165, 1.54) is 110 Å². The molecule has 0 N–H and O–H groups in total. The summed E-state index contributed by atoms with van der Waals surface area (Å²) >= 11 is 0. The second kappa shape index (κ2) is 12.2. The first-order chi connectivity index (χ1) is 26.0. The molecule has 0 fully saturated rings. The smallest absolute Gasteiger partial charge is 0.0672 e. The summed E-state index contributed by atoms with van der Waals surface area (Å²) in [6, 6.07) is 62.2. The zero-order chi connectivity index (χ0) is 35.8. The normalized spacial score (nSPS) is 12.3. The third-order valence-corrected chi connectivity index (χ3v) is 18.0. The first-order valence-electron chi connectivity index (χ1n) is 19.2. The van der Waals surface area contributed by atoms with Gasteiger partial charge in [0.2, 0.25) is 0 Å². The summed E-state index contributed by atoms with van der Waals surface area (Å²) in [5.74, 6) is 0. The first-order valence-corrected chi connectivity index (χ1v) is 21.6. The molecular weight excluding hydrogens is 653 g/mol. The van der Waals surface area contributed by atoms with E-state index in [9.17, 15) is 0 Å². The fourth-order valence-electron chi connectivity index (χ4n) is 10.1. The zero-order valence-corrected chi connectivity index (χ0v) is 31.9. The van der Waals surface area contributed by atoms with Gasteiger partial charge in [0, 0.05) is 0 Å². The van der Waals surface area contributed by atoms with Crippen LogP contribution in [0, 0.1) is 13.8 Å². The van der Waals surface area contributed by atoms with Crippen LogP contribution in [0.4, 0.5) is 0 Å². The molecule has 0 aliphatic rings. The van der Waals surface area contributed by atoms with Gasteiger partial charge >= 0.3 is 0 Å². The van der Waals surface area contributed by atoms with Crippen LogP contribution in [-0.4, -0.2) is 8.07 Å². The summed E-state index contributed by atoms with van der Waals surface area (Å²) in [6.45, 7) is 9.64. The maximum Gasteiger partial charge on any atom is 0.118 e. The lowest BCUT2D eigenvalue weighted by molar-refractivity contribution is 1.28. The number of fused-ring (bicyclic) bond motifs is 3. The molecule has 0 aliphatic carbocycles. The van der Waals surface area contributed by atoms with Crippen molar-refractivity contribution in [2.75, 3.05) is 0 Å². The third-order valence-electron chi connectivity index (χ3n) is 12.6. The number of rotatable bonds is 6. The molecule has 254 valence electrons. The van der Waals surface area contributed by atoms with E-state index >= 15 is 0 Å². The van der Waals surface area contributed by atoms with Crippen LogP contribution < -0.4 is 10.4 Å². The lowest BCUT2D eigenvalue weighted by Gasteiger charge is -2.34. The average molecular weight is 695 g/mol. The maximum absolute atomic E-state index is 2.60. The fraction of sp³-hybridized carbons (Fsp3) is 0.115. The van der Waals surface area contributed by atoms with Crippen LogP contribution in [0.2, 0.25) is 12.1 Å². The van der Waals surface area contributed by atoms with Gasteiger partial charge in [0.05, 0.1) is 0 Å².